The maximum absolute atomic E-state index is 12.3. The van der Waals surface area contributed by atoms with Gasteiger partial charge in [-0.15, -0.1) is 0 Å². The lowest BCUT2D eigenvalue weighted by Gasteiger charge is -2.23. The number of carboxylic acid groups (broad SMARTS) is 1. The lowest BCUT2D eigenvalue weighted by Crippen LogP contribution is -2.36. The SMILES string of the molecule is O=C(Nc1ccccc1)[C@@H]1[C@H](C(=O)O)[C@@H]2C=C[C@H]1C2. The molecule has 2 bridgehead atoms. The second kappa shape index (κ2) is 4.53. The molecule has 0 heterocycles. The molecule has 0 aliphatic heterocycles. The predicted octanol–water partition coefficient (Wildman–Crippen LogP) is 2.15. The normalized spacial score (nSPS) is 31.4. The summed E-state index contributed by atoms with van der Waals surface area (Å²) in [6.45, 7) is 0. The van der Waals surface area contributed by atoms with Crippen molar-refractivity contribution in [2.24, 2.45) is 23.7 Å². The highest BCUT2D eigenvalue weighted by atomic mass is 16.4. The summed E-state index contributed by atoms with van der Waals surface area (Å²) in [5, 5.41) is 12.1. The van der Waals surface area contributed by atoms with Gasteiger partial charge < -0.3 is 10.4 Å². The quantitative estimate of drug-likeness (QED) is 0.815. The number of rotatable bonds is 3. The van der Waals surface area contributed by atoms with E-state index >= 15 is 0 Å². The van der Waals surface area contributed by atoms with Crippen LogP contribution in [-0.4, -0.2) is 17.0 Å². The number of amides is 1. The first-order chi connectivity index (χ1) is 9.16. The van der Waals surface area contributed by atoms with Gasteiger partial charge in [0.15, 0.2) is 0 Å². The lowest BCUT2D eigenvalue weighted by molar-refractivity contribution is -0.146. The van der Waals surface area contributed by atoms with E-state index in [-0.39, 0.29) is 17.7 Å². The Bertz CT molecular complexity index is 538. The molecule has 4 atom stereocenters. The lowest BCUT2D eigenvalue weighted by atomic mass is 9.82. The summed E-state index contributed by atoms with van der Waals surface area (Å²) < 4.78 is 0. The molecule has 4 heteroatoms. The topological polar surface area (TPSA) is 66.4 Å². The highest BCUT2D eigenvalue weighted by molar-refractivity contribution is 5.96. The molecule has 98 valence electrons. The number of carboxylic acids is 1. The largest absolute Gasteiger partial charge is 0.481 e. The van der Waals surface area contributed by atoms with E-state index in [1.165, 1.54) is 0 Å². The third kappa shape index (κ3) is 2.03. The highest BCUT2D eigenvalue weighted by Crippen LogP contribution is 2.48. The second-order valence-corrected chi connectivity index (χ2v) is 5.19. The fraction of sp³-hybridized carbons (Fsp3) is 0.333. The summed E-state index contributed by atoms with van der Waals surface area (Å²) in [5.74, 6) is -2.02. The van der Waals surface area contributed by atoms with Gasteiger partial charge in [-0.2, -0.15) is 0 Å². The number of carbonyl (C=O) groups is 2. The van der Waals surface area contributed by atoms with E-state index in [4.69, 9.17) is 0 Å². The molecular weight excluding hydrogens is 242 g/mol. The number of para-hydroxylation sites is 1. The average molecular weight is 257 g/mol. The minimum atomic E-state index is -0.870. The third-order valence-corrected chi connectivity index (χ3v) is 4.09. The number of anilines is 1. The zero-order chi connectivity index (χ0) is 13.4. The fourth-order valence-electron chi connectivity index (χ4n) is 3.26. The molecular formula is C15H15NO3. The molecule has 0 spiro atoms. The summed E-state index contributed by atoms with van der Waals surface area (Å²) >= 11 is 0. The molecule has 2 N–H and O–H groups in total. The van der Waals surface area contributed by atoms with E-state index < -0.39 is 17.8 Å². The molecule has 0 aromatic heterocycles. The molecule has 0 radical (unpaired) electrons. The molecule has 1 aromatic carbocycles. The minimum absolute atomic E-state index is 0.00835. The van der Waals surface area contributed by atoms with Crippen molar-refractivity contribution in [3.63, 3.8) is 0 Å². The first-order valence-electron chi connectivity index (χ1n) is 6.44. The Kier molecular flexibility index (Phi) is 2.85. The Morgan fingerprint density at radius 2 is 1.68 bits per heavy atom. The zero-order valence-electron chi connectivity index (χ0n) is 10.3. The Morgan fingerprint density at radius 3 is 2.32 bits per heavy atom. The molecule has 0 unspecified atom stereocenters. The van der Waals surface area contributed by atoms with Crippen molar-refractivity contribution in [2.45, 2.75) is 6.42 Å². The Morgan fingerprint density at radius 1 is 1.05 bits per heavy atom. The maximum atomic E-state index is 12.3. The minimum Gasteiger partial charge on any atom is -0.481 e. The third-order valence-electron chi connectivity index (χ3n) is 4.09. The molecule has 1 aromatic rings. The molecule has 2 aliphatic rings. The monoisotopic (exact) mass is 257 g/mol. The van der Waals surface area contributed by atoms with E-state index in [2.05, 4.69) is 5.32 Å². The summed E-state index contributed by atoms with van der Waals surface area (Å²) in [6.07, 6.45) is 4.71. The van der Waals surface area contributed by atoms with E-state index in [1.54, 1.807) is 12.1 Å². The number of carbonyl (C=O) groups excluding carboxylic acids is 1. The van der Waals surface area contributed by atoms with Crippen molar-refractivity contribution in [1.82, 2.24) is 0 Å². The average Bonchev–Trinajstić information content (AvgIpc) is 2.99. The van der Waals surface area contributed by atoms with Crippen LogP contribution < -0.4 is 5.32 Å². The Balaban J connectivity index is 1.79. The number of fused-ring (bicyclic) bond motifs is 2. The van der Waals surface area contributed by atoms with Gasteiger partial charge in [-0.05, 0) is 30.4 Å². The number of benzene rings is 1. The van der Waals surface area contributed by atoms with Gasteiger partial charge in [-0.1, -0.05) is 30.4 Å². The van der Waals surface area contributed by atoms with Crippen molar-refractivity contribution in [3.05, 3.63) is 42.5 Å². The van der Waals surface area contributed by atoms with E-state index in [0.717, 1.165) is 6.42 Å². The van der Waals surface area contributed by atoms with Crippen molar-refractivity contribution in [1.29, 1.82) is 0 Å². The van der Waals surface area contributed by atoms with Crippen LogP contribution >= 0.6 is 0 Å². The number of hydrogen-bond donors (Lipinski definition) is 2. The molecule has 1 amide bonds. The van der Waals surface area contributed by atoms with Crippen LogP contribution in [0.3, 0.4) is 0 Å². The van der Waals surface area contributed by atoms with Crippen LogP contribution in [0, 0.1) is 23.7 Å². The van der Waals surface area contributed by atoms with E-state index in [0.29, 0.717) is 5.69 Å². The van der Waals surface area contributed by atoms with Crippen LogP contribution in [-0.2, 0) is 9.59 Å². The molecule has 19 heavy (non-hydrogen) atoms. The van der Waals surface area contributed by atoms with Gasteiger partial charge in [0, 0.05) is 5.69 Å². The number of allylic oxidation sites excluding steroid dienone is 2. The van der Waals surface area contributed by atoms with Gasteiger partial charge in [-0.25, -0.2) is 0 Å². The Labute approximate surface area is 111 Å². The maximum Gasteiger partial charge on any atom is 0.307 e. The number of nitrogens with one attached hydrogen (secondary N) is 1. The van der Waals surface area contributed by atoms with Crippen molar-refractivity contribution in [3.8, 4) is 0 Å². The summed E-state index contributed by atoms with van der Waals surface area (Å²) in [7, 11) is 0. The van der Waals surface area contributed by atoms with Crippen LogP contribution in [0.25, 0.3) is 0 Å². The van der Waals surface area contributed by atoms with Gasteiger partial charge in [0.25, 0.3) is 0 Å². The van der Waals surface area contributed by atoms with Crippen LogP contribution in [0.5, 0.6) is 0 Å². The smallest absolute Gasteiger partial charge is 0.307 e. The highest BCUT2D eigenvalue weighted by Gasteiger charge is 2.51. The van der Waals surface area contributed by atoms with E-state index in [1.807, 2.05) is 30.4 Å². The van der Waals surface area contributed by atoms with E-state index in [9.17, 15) is 14.7 Å². The second-order valence-electron chi connectivity index (χ2n) is 5.19. The number of hydrogen-bond acceptors (Lipinski definition) is 2. The summed E-state index contributed by atoms with van der Waals surface area (Å²) in [4.78, 5) is 23.7. The Hall–Kier alpha value is -2.10. The van der Waals surface area contributed by atoms with Gasteiger partial charge in [-0.3, -0.25) is 9.59 Å². The molecule has 2 aliphatic carbocycles. The predicted molar refractivity (Wildman–Crippen MR) is 70.4 cm³/mol. The van der Waals surface area contributed by atoms with Gasteiger partial charge >= 0.3 is 5.97 Å². The molecule has 1 saturated carbocycles. The standard InChI is InChI=1S/C15H15NO3/c17-14(16-11-4-2-1-3-5-11)12-9-6-7-10(8-9)13(12)15(18)19/h1-7,9-10,12-13H,8H2,(H,16,17)(H,18,19)/t9-,10+,12-,13+/m0/s1. The zero-order valence-corrected chi connectivity index (χ0v) is 10.3. The molecule has 1 fully saturated rings. The van der Waals surface area contributed by atoms with Crippen LogP contribution in [0.2, 0.25) is 0 Å². The van der Waals surface area contributed by atoms with Crippen LogP contribution in [0.15, 0.2) is 42.5 Å². The van der Waals surface area contributed by atoms with Crippen molar-refractivity contribution >= 4 is 17.6 Å². The van der Waals surface area contributed by atoms with Crippen molar-refractivity contribution in [2.75, 3.05) is 5.32 Å². The van der Waals surface area contributed by atoms with Crippen LogP contribution in [0.1, 0.15) is 6.42 Å². The van der Waals surface area contributed by atoms with Gasteiger partial charge in [0.1, 0.15) is 0 Å². The van der Waals surface area contributed by atoms with Crippen molar-refractivity contribution < 1.29 is 14.7 Å². The molecule has 3 rings (SSSR count). The summed E-state index contributed by atoms with van der Waals surface area (Å²) in [5.41, 5.74) is 0.711. The molecule has 4 nitrogen and oxygen atoms in total. The van der Waals surface area contributed by atoms with Gasteiger partial charge in [0.2, 0.25) is 5.91 Å². The van der Waals surface area contributed by atoms with Gasteiger partial charge in [0.05, 0.1) is 11.8 Å². The first kappa shape index (κ1) is 12.0. The first-order valence-corrected chi connectivity index (χ1v) is 6.44. The number of aliphatic carboxylic acids is 1. The fourth-order valence-corrected chi connectivity index (χ4v) is 3.26. The van der Waals surface area contributed by atoms with Crippen LogP contribution in [0.4, 0.5) is 5.69 Å². The summed E-state index contributed by atoms with van der Waals surface area (Å²) in [6, 6.07) is 9.15. The molecule has 0 saturated heterocycles.